The highest BCUT2D eigenvalue weighted by atomic mass is 19.1. The Morgan fingerprint density at radius 1 is 1.33 bits per heavy atom. The maximum atomic E-state index is 14.0. The molecule has 2 aromatic rings. The first-order chi connectivity index (χ1) is 10.0. The van der Waals surface area contributed by atoms with Gasteiger partial charge in [-0.25, -0.2) is 8.78 Å². The second-order valence-electron chi connectivity index (χ2n) is 5.45. The van der Waals surface area contributed by atoms with Gasteiger partial charge in [0, 0.05) is 37.9 Å². The quantitative estimate of drug-likeness (QED) is 0.941. The van der Waals surface area contributed by atoms with Gasteiger partial charge >= 0.3 is 0 Å². The van der Waals surface area contributed by atoms with Gasteiger partial charge in [0.05, 0.1) is 11.8 Å². The van der Waals surface area contributed by atoms with E-state index in [1.54, 1.807) is 10.9 Å². The second-order valence-corrected chi connectivity index (χ2v) is 5.45. The van der Waals surface area contributed by atoms with E-state index in [0.29, 0.717) is 25.1 Å². The zero-order chi connectivity index (χ0) is 15.0. The highest BCUT2D eigenvalue weighted by Crippen LogP contribution is 2.35. The number of hydrogen-bond acceptors (Lipinski definition) is 3. The Balaban J connectivity index is 1.89. The van der Waals surface area contributed by atoms with E-state index >= 15 is 0 Å². The molecule has 0 saturated carbocycles. The molecule has 1 aliphatic rings. The molecular weight excluding hydrogens is 276 g/mol. The summed E-state index contributed by atoms with van der Waals surface area (Å²) in [5, 5.41) is 14.0. The monoisotopic (exact) mass is 293 g/mol. The molecule has 0 radical (unpaired) electrons. The molecule has 6 heteroatoms. The molecule has 0 bridgehead atoms. The molecule has 1 N–H and O–H groups in total. The minimum atomic E-state index is -0.536. The fraction of sp³-hybridized carbons (Fsp3) is 0.400. The highest BCUT2D eigenvalue weighted by Gasteiger charge is 2.34. The van der Waals surface area contributed by atoms with Crippen LogP contribution in [-0.4, -0.2) is 32.4 Å². The molecule has 0 amide bonds. The standard InChI is InChI=1S/C15H17F2N3O/c1-19-11(4-5-18-19)8-20-9-12(21)7-15(20)13-6-10(16)2-3-14(13)17/h2-6,12,15,21H,7-9H2,1H3/t12-,15-/m1/s1. The van der Waals surface area contributed by atoms with E-state index in [0.717, 1.165) is 17.8 Å². The maximum Gasteiger partial charge on any atom is 0.128 e. The smallest absolute Gasteiger partial charge is 0.128 e. The van der Waals surface area contributed by atoms with Crippen LogP contribution in [0.25, 0.3) is 0 Å². The van der Waals surface area contributed by atoms with Gasteiger partial charge in [0.15, 0.2) is 0 Å². The van der Waals surface area contributed by atoms with Crippen molar-refractivity contribution < 1.29 is 13.9 Å². The maximum absolute atomic E-state index is 14.0. The van der Waals surface area contributed by atoms with Crippen molar-refractivity contribution >= 4 is 0 Å². The van der Waals surface area contributed by atoms with Crippen molar-refractivity contribution in [3.8, 4) is 0 Å². The molecule has 21 heavy (non-hydrogen) atoms. The number of rotatable bonds is 3. The van der Waals surface area contributed by atoms with Gasteiger partial charge in [-0.3, -0.25) is 9.58 Å². The van der Waals surface area contributed by atoms with Crippen molar-refractivity contribution in [2.24, 2.45) is 7.05 Å². The van der Waals surface area contributed by atoms with Crippen molar-refractivity contribution in [3.63, 3.8) is 0 Å². The largest absolute Gasteiger partial charge is 0.392 e. The average molecular weight is 293 g/mol. The van der Waals surface area contributed by atoms with Gasteiger partial charge in [-0.2, -0.15) is 5.10 Å². The summed E-state index contributed by atoms with van der Waals surface area (Å²) in [5.41, 5.74) is 1.26. The van der Waals surface area contributed by atoms with Crippen molar-refractivity contribution in [1.29, 1.82) is 0 Å². The molecule has 0 aliphatic carbocycles. The predicted octanol–water partition coefficient (Wildman–Crippen LogP) is 2.01. The lowest BCUT2D eigenvalue weighted by Gasteiger charge is -2.24. The van der Waals surface area contributed by atoms with Crippen LogP contribution in [0, 0.1) is 11.6 Å². The van der Waals surface area contributed by atoms with Gasteiger partial charge in [-0.15, -0.1) is 0 Å². The van der Waals surface area contributed by atoms with Crippen LogP contribution in [-0.2, 0) is 13.6 Å². The third kappa shape index (κ3) is 2.82. The second kappa shape index (κ2) is 5.54. The summed E-state index contributed by atoms with van der Waals surface area (Å²) in [6.45, 7) is 0.972. The Labute approximate surface area is 121 Å². The van der Waals surface area contributed by atoms with Crippen molar-refractivity contribution in [1.82, 2.24) is 14.7 Å². The van der Waals surface area contributed by atoms with Crippen LogP contribution in [0.4, 0.5) is 8.78 Å². The number of benzene rings is 1. The molecule has 3 rings (SSSR count). The zero-order valence-electron chi connectivity index (χ0n) is 11.7. The summed E-state index contributed by atoms with van der Waals surface area (Å²) in [4.78, 5) is 1.96. The molecule has 2 heterocycles. The molecule has 4 nitrogen and oxygen atoms in total. The van der Waals surface area contributed by atoms with Gasteiger partial charge in [0.25, 0.3) is 0 Å². The molecule has 1 aromatic carbocycles. The molecule has 2 atom stereocenters. The number of nitrogens with zero attached hydrogens (tertiary/aromatic N) is 3. The first-order valence-corrected chi connectivity index (χ1v) is 6.88. The number of β-amino-alcohol motifs (C(OH)–C–C–N with tert-alkyl or cyclic N) is 1. The number of aryl methyl sites for hydroxylation is 1. The van der Waals surface area contributed by atoms with Gasteiger partial charge in [-0.1, -0.05) is 0 Å². The van der Waals surface area contributed by atoms with E-state index < -0.39 is 17.7 Å². The predicted molar refractivity (Wildman–Crippen MR) is 73.3 cm³/mol. The van der Waals surface area contributed by atoms with Crippen LogP contribution in [0.5, 0.6) is 0 Å². The Bertz CT molecular complexity index is 644. The summed E-state index contributed by atoms with van der Waals surface area (Å²) in [6, 6.07) is 5.01. The Hall–Kier alpha value is -1.79. The average Bonchev–Trinajstić information content (AvgIpc) is 3.00. The van der Waals surface area contributed by atoms with E-state index in [4.69, 9.17) is 0 Å². The molecule has 1 aromatic heterocycles. The first-order valence-electron chi connectivity index (χ1n) is 6.88. The van der Waals surface area contributed by atoms with Crippen LogP contribution in [0.1, 0.15) is 23.7 Å². The van der Waals surface area contributed by atoms with E-state index in [9.17, 15) is 13.9 Å². The van der Waals surface area contributed by atoms with Crippen molar-refractivity contribution in [2.75, 3.05) is 6.54 Å². The third-order valence-electron chi connectivity index (χ3n) is 3.99. The van der Waals surface area contributed by atoms with Gasteiger partial charge in [-0.05, 0) is 30.7 Å². The van der Waals surface area contributed by atoms with Gasteiger partial charge in [0.2, 0.25) is 0 Å². The summed E-state index contributed by atoms with van der Waals surface area (Å²) in [7, 11) is 1.83. The SMILES string of the molecule is Cn1nccc1CN1C[C@H](O)C[C@@H]1c1cc(F)ccc1F. The van der Waals surface area contributed by atoms with Gasteiger partial charge < -0.3 is 5.11 Å². The highest BCUT2D eigenvalue weighted by molar-refractivity contribution is 5.24. The van der Waals surface area contributed by atoms with Crippen LogP contribution in [0.2, 0.25) is 0 Å². The topological polar surface area (TPSA) is 41.3 Å². The molecule has 112 valence electrons. The van der Waals surface area contributed by atoms with Crippen LogP contribution < -0.4 is 0 Å². The molecule has 1 saturated heterocycles. The lowest BCUT2D eigenvalue weighted by Crippen LogP contribution is -2.26. The molecule has 1 aliphatic heterocycles. The number of aliphatic hydroxyl groups excluding tert-OH is 1. The van der Waals surface area contributed by atoms with E-state index in [2.05, 4.69) is 5.10 Å². The zero-order valence-corrected chi connectivity index (χ0v) is 11.7. The Kier molecular flexibility index (Phi) is 3.73. The Morgan fingerprint density at radius 2 is 2.14 bits per heavy atom. The Morgan fingerprint density at radius 3 is 2.86 bits per heavy atom. The number of hydrogen-bond donors (Lipinski definition) is 1. The molecule has 1 fully saturated rings. The lowest BCUT2D eigenvalue weighted by atomic mass is 10.0. The van der Waals surface area contributed by atoms with E-state index in [-0.39, 0.29) is 6.04 Å². The number of halogens is 2. The van der Waals surface area contributed by atoms with E-state index in [1.165, 1.54) is 6.07 Å². The number of aromatic nitrogens is 2. The number of aliphatic hydroxyl groups is 1. The first kappa shape index (κ1) is 14.2. The number of likely N-dealkylation sites (tertiary alicyclic amines) is 1. The lowest BCUT2D eigenvalue weighted by molar-refractivity contribution is 0.171. The summed E-state index contributed by atoms with van der Waals surface area (Å²) >= 11 is 0. The minimum absolute atomic E-state index is 0.300. The fourth-order valence-corrected chi connectivity index (χ4v) is 2.91. The molecule has 0 unspecified atom stereocenters. The molecular formula is C15H17F2N3O. The van der Waals surface area contributed by atoms with Crippen LogP contribution >= 0.6 is 0 Å². The summed E-state index contributed by atoms with van der Waals surface area (Å²) in [6.07, 6.45) is 1.56. The van der Waals surface area contributed by atoms with Crippen molar-refractivity contribution in [3.05, 3.63) is 53.4 Å². The van der Waals surface area contributed by atoms with Crippen molar-refractivity contribution in [2.45, 2.75) is 25.1 Å². The fourth-order valence-electron chi connectivity index (χ4n) is 2.91. The summed E-state index contributed by atoms with van der Waals surface area (Å²) < 4.78 is 29.1. The molecule has 0 spiro atoms. The van der Waals surface area contributed by atoms with Crippen LogP contribution in [0.15, 0.2) is 30.5 Å². The minimum Gasteiger partial charge on any atom is -0.392 e. The third-order valence-corrected chi connectivity index (χ3v) is 3.99. The van der Waals surface area contributed by atoms with E-state index in [1.807, 2.05) is 18.0 Å². The van der Waals surface area contributed by atoms with Gasteiger partial charge in [0.1, 0.15) is 11.6 Å². The normalized spacial score (nSPS) is 22.9. The summed E-state index contributed by atoms with van der Waals surface area (Å²) in [5.74, 6) is -0.904. The van der Waals surface area contributed by atoms with Crippen LogP contribution in [0.3, 0.4) is 0 Å².